The van der Waals surface area contributed by atoms with E-state index in [1.807, 2.05) is 0 Å². The maximum Gasteiger partial charge on any atom is 0.335 e. The van der Waals surface area contributed by atoms with E-state index in [1.54, 1.807) is 42.6 Å². The number of hydrogen-bond acceptors (Lipinski definition) is 4. The number of pyridine rings is 1. The lowest BCUT2D eigenvalue weighted by Crippen LogP contribution is -2.04. The van der Waals surface area contributed by atoms with Gasteiger partial charge < -0.3 is 10.4 Å². The average Bonchev–Trinajstić information content (AvgIpc) is 2.45. The molecule has 5 nitrogen and oxygen atoms in total. The minimum absolute atomic E-state index is 0.249. The van der Waals surface area contributed by atoms with Gasteiger partial charge in [-0.3, -0.25) is 0 Å². The van der Waals surface area contributed by atoms with Crippen LogP contribution in [0, 0.1) is 11.3 Å². The normalized spacial score (nSPS) is 9.63. The van der Waals surface area contributed by atoms with Crippen molar-refractivity contribution in [3.8, 4) is 6.07 Å². The molecule has 0 atom stereocenters. The third-order valence-electron chi connectivity index (χ3n) is 2.59. The quantitative estimate of drug-likeness (QED) is 0.872. The fourth-order valence-corrected chi connectivity index (χ4v) is 1.59. The standard InChI is InChI=1S/C14H11N3O2/c15-8-12-2-1-7-16-13(12)17-9-10-3-5-11(6-4-10)14(18)19/h1-7H,9H2,(H,16,17)(H,18,19). The summed E-state index contributed by atoms with van der Waals surface area (Å²) >= 11 is 0. The van der Waals surface area contributed by atoms with Crippen molar-refractivity contribution < 1.29 is 9.90 Å². The van der Waals surface area contributed by atoms with Crippen LogP contribution < -0.4 is 5.32 Å². The van der Waals surface area contributed by atoms with Crippen molar-refractivity contribution in [2.24, 2.45) is 0 Å². The van der Waals surface area contributed by atoms with Gasteiger partial charge in [0.1, 0.15) is 11.9 Å². The number of nitriles is 1. The van der Waals surface area contributed by atoms with Crippen LogP contribution in [0.15, 0.2) is 42.6 Å². The summed E-state index contributed by atoms with van der Waals surface area (Å²) in [6.45, 7) is 0.478. The number of carboxylic acids is 1. The number of benzene rings is 1. The van der Waals surface area contributed by atoms with E-state index >= 15 is 0 Å². The number of carboxylic acid groups (broad SMARTS) is 1. The molecular weight excluding hydrogens is 242 g/mol. The molecule has 1 aromatic heterocycles. The average molecular weight is 253 g/mol. The van der Waals surface area contributed by atoms with E-state index in [4.69, 9.17) is 10.4 Å². The second kappa shape index (κ2) is 5.65. The number of nitrogens with one attached hydrogen (secondary N) is 1. The van der Waals surface area contributed by atoms with Crippen molar-refractivity contribution in [1.82, 2.24) is 4.98 Å². The molecule has 0 saturated heterocycles. The Morgan fingerprint density at radius 1 is 1.32 bits per heavy atom. The number of anilines is 1. The maximum absolute atomic E-state index is 10.7. The van der Waals surface area contributed by atoms with Gasteiger partial charge in [-0.1, -0.05) is 12.1 Å². The lowest BCUT2D eigenvalue weighted by molar-refractivity contribution is 0.0697. The van der Waals surface area contributed by atoms with Crippen LogP contribution in [0.3, 0.4) is 0 Å². The van der Waals surface area contributed by atoms with E-state index in [0.717, 1.165) is 5.56 Å². The van der Waals surface area contributed by atoms with Gasteiger partial charge in [0.05, 0.1) is 11.1 Å². The number of aromatic nitrogens is 1. The second-order valence-corrected chi connectivity index (χ2v) is 3.87. The van der Waals surface area contributed by atoms with Crippen LogP contribution >= 0.6 is 0 Å². The molecular formula is C14H11N3O2. The van der Waals surface area contributed by atoms with Gasteiger partial charge >= 0.3 is 5.97 Å². The van der Waals surface area contributed by atoms with E-state index in [2.05, 4.69) is 16.4 Å². The first-order valence-electron chi connectivity index (χ1n) is 5.62. The third kappa shape index (κ3) is 3.07. The van der Waals surface area contributed by atoms with Crippen molar-refractivity contribution in [2.75, 3.05) is 5.32 Å². The molecule has 0 aliphatic rings. The largest absolute Gasteiger partial charge is 0.478 e. The SMILES string of the molecule is N#Cc1cccnc1NCc1ccc(C(=O)O)cc1. The minimum Gasteiger partial charge on any atom is -0.478 e. The predicted molar refractivity (Wildman–Crippen MR) is 69.7 cm³/mol. The fraction of sp³-hybridized carbons (Fsp3) is 0.0714. The van der Waals surface area contributed by atoms with Crippen LogP contribution in [0.1, 0.15) is 21.5 Å². The Bertz CT molecular complexity index is 630. The highest BCUT2D eigenvalue weighted by atomic mass is 16.4. The summed E-state index contributed by atoms with van der Waals surface area (Å²) in [4.78, 5) is 14.8. The van der Waals surface area contributed by atoms with Crippen LogP contribution in [0.4, 0.5) is 5.82 Å². The van der Waals surface area contributed by atoms with E-state index in [1.165, 1.54) is 0 Å². The number of carbonyl (C=O) groups is 1. The molecule has 0 aliphatic carbocycles. The Labute approximate surface area is 110 Å². The van der Waals surface area contributed by atoms with Crippen molar-refractivity contribution in [3.05, 3.63) is 59.3 Å². The lowest BCUT2D eigenvalue weighted by atomic mass is 10.1. The summed E-state index contributed by atoms with van der Waals surface area (Å²) < 4.78 is 0. The number of nitrogens with zero attached hydrogens (tertiary/aromatic N) is 2. The van der Waals surface area contributed by atoms with E-state index in [-0.39, 0.29) is 5.56 Å². The van der Waals surface area contributed by atoms with Gasteiger partial charge in [-0.05, 0) is 29.8 Å². The monoisotopic (exact) mass is 253 g/mol. The summed E-state index contributed by atoms with van der Waals surface area (Å²) in [7, 11) is 0. The molecule has 1 heterocycles. The molecule has 19 heavy (non-hydrogen) atoms. The van der Waals surface area contributed by atoms with Crippen molar-refractivity contribution in [2.45, 2.75) is 6.54 Å². The van der Waals surface area contributed by atoms with Crippen LogP contribution in [0.2, 0.25) is 0 Å². The summed E-state index contributed by atoms with van der Waals surface area (Å²) in [5.74, 6) is -0.427. The molecule has 0 bridgehead atoms. The Kier molecular flexibility index (Phi) is 3.74. The van der Waals surface area contributed by atoms with Crippen molar-refractivity contribution in [1.29, 1.82) is 5.26 Å². The van der Waals surface area contributed by atoms with Gasteiger partial charge in [0.2, 0.25) is 0 Å². The maximum atomic E-state index is 10.7. The van der Waals surface area contributed by atoms with Gasteiger partial charge in [0, 0.05) is 12.7 Å². The zero-order valence-electron chi connectivity index (χ0n) is 10.00. The molecule has 5 heteroatoms. The van der Waals surface area contributed by atoms with Gasteiger partial charge in [-0.2, -0.15) is 5.26 Å². The number of rotatable bonds is 4. The minimum atomic E-state index is -0.948. The molecule has 0 fully saturated rings. The molecule has 1 aromatic carbocycles. The van der Waals surface area contributed by atoms with E-state index in [9.17, 15) is 4.79 Å². The Hall–Kier alpha value is -2.87. The van der Waals surface area contributed by atoms with Crippen LogP contribution in [0.5, 0.6) is 0 Å². The molecule has 0 spiro atoms. The number of hydrogen-bond donors (Lipinski definition) is 2. The molecule has 0 aliphatic heterocycles. The Balaban J connectivity index is 2.06. The second-order valence-electron chi connectivity index (χ2n) is 3.87. The highest BCUT2D eigenvalue weighted by Crippen LogP contribution is 2.12. The lowest BCUT2D eigenvalue weighted by Gasteiger charge is -2.07. The van der Waals surface area contributed by atoms with E-state index < -0.39 is 5.97 Å². The van der Waals surface area contributed by atoms with Crippen LogP contribution in [0.25, 0.3) is 0 Å². The predicted octanol–water partition coefficient (Wildman–Crippen LogP) is 2.26. The van der Waals surface area contributed by atoms with Crippen LogP contribution in [-0.4, -0.2) is 16.1 Å². The molecule has 0 saturated carbocycles. The Morgan fingerprint density at radius 3 is 2.68 bits per heavy atom. The van der Waals surface area contributed by atoms with Gasteiger partial charge in [-0.25, -0.2) is 9.78 Å². The van der Waals surface area contributed by atoms with Gasteiger partial charge in [0.15, 0.2) is 0 Å². The zero-order valence-corrected chi connectivity index (χ0v) is 10.00. The van der Waals surface area contributed by atoms with Crippen molar-refractivity contribution >= 4 is 11.8 Å². The Morgan fingerprint density at radius 2 is 2.05 bits per heavy atom. The summed E-state index contributed by atoms with van der Waals surface area (Å²) in [5.41, 5.74) is 1.64. The van der Waals surface area contributed by atoms with Crippen molar-refractivity contribution in [3.63, 3.8) is 0 Å². The summed E-state index contributed by atoms with van der Waals surface area (Å²) in [6.07, 6.45) is 1.61. The summed E-state index contributed by atoms with van der Waals surface area (Å²) in [6, 6.07) is 12.0. The molecule has 2 aromatic rings. The highest BCUT2D eigenvalue weighted by Gasteiger charge is 2.03. The first kappa shape index (κ1) is 12.6. The van der Waals surface area contributed by atoms with Gasteiger partial charge in [0.25, 0.3) is 0 Å². The van der Waals surface area contributed by atoms with Gasteiger partial charge in [-0.15, -0.1) is 0 Å². The molecule has 0 radical (unpaired) electrons. The first-order valence-corrected chi connectivity index (χ1v) is 5.62. The number of aromatic carboxylic acids is 1. The summed E-state index contributed by atoms with van der Waals surface area (Å²) in [5, 5.41) is 20.8. The molecule has 2 N–H and O–H groups in total. The highest BCUT2D eigenvalue weighted by molar-refractivity contribution is 5.87. The smallest absolute Gasteiger partial charge is 0.335 e. The molecule has 2 rings (SSSR count). The zero-order chi connectivity index (χ0) is 13.7. The molecule has 0 unspecified atom stereocenters. The topological polar surface area (TPSA) is 86.0 Å². The van der Waals surface area contributed by atoms with E-state index in [0.29, 0.717) is 17.9 Å². The first-order chi connectivity index (χ1) is 9.20. The third-order valence-corrected chi connectivity index (χ3v) is 2.59. The molecule has 0 amide bonds. The van der Waals surface area contributed by atoms with Crippen LogP contribution in [-0.2, 0) is 6.54 Å². The molecule has 94 valence electrons. The fourth-order valence-electron chi connectivity index (χ4n) is 1.59.